The van der Waals surface area contributed by atoms with Gasteiger partial charge in [-0.1, -0.05) is 5.16 Å². The Labute approximate surface area is 152 Å². The molecule has 1 aliphatic heterocycles. The Hall–Kier alpha value is -2.19. The second-order valence-electron chi connectivity index (χ2n) is 7.46. The van der Waals surface area contributed by atoms with Gasteiger partial charge in [0, 0.05) is 25.6 Å². The quantitative estimate of drug-likeness (QED) is 0.811. The van der Waals surface area contributed by atoms with Gasteiger partial charge in [-0.15, -0.1) is 0 Å². The van der Waals surface area contributed by atoms with Crippen molar-refractivity contribution in [1.29, 1.82) is 0 Å². The lowest BCUT2D eigenvalue weighted by atomic mass is 10.1. The summed E-state index contributed by atoms with van der Waals surface area (Å²) in [5.41, 5.74) is 2.32. The maximum absolute atomic E-state index is 12.6. The molecule has 1 amide bonds. The van der Waals surface area contributed by atoms with Crippen LogP contribution in [0, 0.1) is 0 Å². The maximum Gasteiger partial charge on any atom is 0.276 e. The molecule has 3 heterocycles. The van der Waals surface area contributed by atoms with E-state index < -0.39 is 0 Å². The number of aliphatic hydroxyl groups is 1. The van der Waals surface area contributed by atoms with E-state index in [1.165, 1.54) is 12.8 Å². The lowest BCUT2D eigenvalue weighted by molar-refractivity contribution is 0.0622. The van der Waals surface area contributed by atoms with E-state index in [9.17, 15) is 9.90 Å². The highest BCUT2D eigenvalue weighted by Crippen LogP contribution is 2.39. The summed E-state index contributed by atoms with van der Waals surface area (Å²) in [7, 11) is 1.75. The Morgan fingerprint density at radius 3 is 3.04 bits per heavy atom. The minimum Gasteiger partial charge on any atom is -0.392 e. The predicted octanol–water partition coefficient (Wildman–Crippen LogP) is 1.50. The number of hydrogen-bond donors (Lipinski definition) is 2. The topological polar surface area (TPSA) is 98.5 Å². The second kappa shape index (κ2) is 7.20. The molecule has 0 bridgehead atoms. The molecule has 2 aromatic rings. The summed E-state index contributed by atoms with van der Waals surface area (Å²) in [6.07, 6.45) is 3.94. The first-order valence-electron chi connectivity index (χ1n) is 9.24. The average Bonchev–Trinajstić information content (AvgIpc) is 3.19. The molecule has 1 atom stereocenters. The van der Waals surface area contributed by atoms with Crippen LogP contribution in [0.4, 0.5) is 0 Å². The molecule has 140 valence electrons. The summed E-state index contributed by atoms with van der Waals surface area (Å²) in [5, 5.41) is 21.0. The van der Waals surface area contributed by atoms with Crippen molar-refractivity contribution in [2.75, 3.05) is 20.1 Å². The molecule has 8 nitrogen and oxygen atoms in total. The Balaban J connectivity index is 1.34. The van der Waals surface area contributed by atoms with Crippen LogP contribution in [0.25, 0.3) is 0 Å². The van der Waals surface area contributed by atoms with E-state index >= 15 is 0 Å². The highest BCUT2D eigenvalue weighted by atomic mass is 16.5. The zero-order valence-corrected chi connectivity index (χ0v) is 15.0. The number of piperidine rings is 1. The van der Waals surface area contributed by atoms with E-state index in [0.717, 1.165) is 30.8 Å². The lowest BCUT2D eigenvalue weighted by Crippen LogP contribution is -2.37. The first kappa shape index (κ1) is 17.2. The van der Waals surface area contributed by atoms with Gasteiger partial charge in [0.15, 0.2) is 11.5 Å². The molecule has 2 fully saturated rings. The summed E-state index contributed by atoms with van der Waals surface area (Å²) in [4.78, 5) is 16.3. The van der Waals surface area contributed by atoms with Crippen LogP contribution in [-0.4, -0.2) is 62.4 Å². The molecule has 2 N–H and O–H groups in total. The average molecular weight is 359 g/mol. The number of nitrogens with zero attached hydrogens (tertiary/aromatic N) is 4. The SMILES string of the molecule is CN(Cc1cc(C2CC2)n[nH]1)C(=O)c1cc(CN2CCCC(O)C2)on1. The van der Waals surface area contributed by atoms with E-state index in [4.69, 9.17) is 4.52 Å². The van der Waals surface area contributed by atoms with Crippen LogP contribution in [0.2, 0.25) is 0 Å². The minimum absolute atomic E-state index is 0.179. The fourth-order valence-electron chi connectivity index (χ4n) is 3.45. The summed E-state index contributed by atoms with van der Waals surface area (Å²) < 4.78 is 5.33. The molecule has 2 aromatic heterocycles. The molecular formula is C18H25N5O3. The van der Waals surface area contributed by atoms with E-state index in [-0.39, 0.29) is 12.0 Å². The minimum atomic E-state index is -0.283. The number of amides is 1. The summed E-state index contributed by atoms with van der Waals surface area (Å²) in [6, 6.07) is 3.74. The molecule has 26 heavy (non-hydrogen) atoms. The molecule has 1 unspecified atom stereocenters. The zero-order valence-electron chi connectivity index (χ0n) is 15.0. The van der Waals surface area contributed by atoms with E-state index in [0.29, 0.717) is 37.0 Å². The van der Waals surface area contributed by atoms with Gasteiger partial charge in [0.1, 0.15) is 0 Å². The number of carbonyl (C=O) groups excluding carboxylic acids is 1. The van der Waals surface area contributed by atoms with Crippen molar-refractivity contribution >= 4 is 5.91 Å². The van der Waals surface area contributed by atoms with Crippen LogP contribution in [0.3, 0.4) is 0 Å². The standard InChI is InChI=1S/C18H25N5O3/c1-22(9-13-7-16(20-19-13)12-4-5-12)18(25)17-8-15(26-21-17)11-23-6-2-3-14(24)10-23/h7-8,12,14,24H,2-6,9-11H2,1H3,(H,19,20). The van der Waals surface area contributed by atoms with Crippen molar-refractivity contribution in [1.82, 2.24) is 25.2 Å². The van der Waals surface area contributed by atoms with Crippen LogP contribution >= 0.6 is 0 Å². The van der Waals surface area contributed by atoms with Crippen molar-refractivity contribution in [2.24, 2.45) is 0 Å². The van der Waals surface area contributed by atoms with Crippen molar-refractivity contribution in [3.63, 3.8) is 0 Å². The first-order valence-corrected chi connectivity index (χ1v) is 9.24. The number of aromatic amines is 1. The lowest BCUT2D eigenvalue weighted by Gasteiger charge is -2.28. The van der Waals surface area contributed by atoms with Crippen molar-refractivity contribution in [2.45, 2.75) is 50.8 Å². The first-order chi connectivity index (χ1) is 12.6. The van der Waals surface area contributed by atoms with Crippen LogP contribution < -0.4 is 0 Å². The van der Waals surface area contributed by atoms with E-state index in [2.05, 4.69) is 20.3 Å². The van der Waals surface area contributed by atoms with Crippen molar-refractivity contribution in [3.05, 3.63) is 35.0 Å². The number of rotatable bonds is 6. The van der Waals surface area contributed by atoms with Crippen LogP contribution in [0.15, 0.2) is 16.7 Å². The summed E-state index contributed by atoms with van der Waals surface area (Å²) in [5.74, 6) is 1.06. The van der Waals surface area contributed by atoms with E-state index in [1.54, 1.807) is 18.0 Å². The molecule has 0 radical (unpaired) electrons. The highest BCUT2D eigenvalue weighted by Gasteiger charge is 2.27. The van der Waals surface area contributed by atoms with Gasteiger partial charge in [-0.05, 0) is 38.3 Å². The third-order valence-electron chi connectivity index (χ3n) is 5.04. The number of likely N-dealkylation sites (tertiary alicyclic amines) is 1. The number of β-amino-alcohol motifs (C(OH)–C–C–N with tert-alkyl or cyclic N) is 1. The van der Waals surface area contributed by atoms with Gasteiger partial charge in [-0.2, -0.15) is 5.10 Å². The number of carbonyl (C=O) groups is 1. The smallest absolute Gasteiger partial charge is 0.276 e. The molecule has 2 aliphatic rings. The van der Waals surface area contributed by atoms with Gasteiger partial charge in [-0.25, -0.2) is 0 Å². The summed E-state index contributed by atoms with van der Waals surface area (Å²) in [6.45, 7) is 2.57. The van der Waals surface area contributed by atoms with Gasteiger partial charge < -0.3 is 14.5 Å². The van der Waals surface area contributed by atoms with Gasteiger partial charge in [-0.3, -0.25) is 14.8 Å². The molecule has 1 saturated heterocycles. The molecule has 0 spiro atoms. The molecular weight excluding hydrogens is 334 g/mol. The largest absolute Gasteiger partial charge is 0.392 e. The molecule has 1 saturated carbocycles. The van der Waals surface area contributed by atoms with Crippen molar-refractivity contribution in [3.8, 4) is 0 Å². The van der Waals surface area contributed by atoms with Gasteiger partial charge in [0.25, 0.3) is 5.91 Å². The molecule has 0 aromatic carbocycles. The van der Waals surface area contributed by atoms with Gasteiger partial charge >= 0.3 is 0 Å². The highest BCUT2D eigenvalue weighted by molar-refractivity contribution is 5.92. The third kappa shape index (κ3) is 3.96. The van der Waals surface area contributed by atoms with E-state index in [1.807, 2.05) is 6.07 Å². The number of H-pyrrole nitrogens is 1. The number of aromatic nitrogens is 3. The van der Waals surface area contributed by atoms with Crippen LogP contribution in [0.5, 0.6) is 0 Å². The predicted molar refractivity (Wildman–Crippen MR) is 93.4 cm³/mol. The Kier molecular flexibility index (Phi) is 4.78. The van der Waals surface area contributed by atoms with Gasteiger partial charge in [0.05, 0.1) is 30.6 Å². The van der Waals surface area contributed by atoms with Crippen LogP contribution in [0.1, 0.15) is 59.2 Å². The second-order valence-corrected chi connectivity index (χ2v) is 7.46. The third-order valence-corrected chi connectivity index (χ3v) is 5.04. The summed E-state index contributed by atoms with van der Waals surface area (Å²) >= 11 is 0. The Morgan fingerprint density at radius 2 is 2.27 bits per heavy atom. The Morgan fingerprint density at radius 1 is 1.42 bits per heavy atom. The van der Waals surface area contributed by atoms with Crippen LogP contribution in [-0.2, 0) is 13.1 Å². The molecule has 1 aliphatic carbocycles. The van der Waals surface area contributed by atoms with Crippen molar-refractivity contribution < 1.29 is 14.4 Å². The molecule has 4 rings (SSSR count). The fraction of sp³-hybridized carbons (Fsp3) is 0.611. The number of aliphatic hydroxyl groups excluding tert-OH is 1. The Bertz CT molecular complexity index is 766. The maximum atomic E-state index is 12.6. The monoisotopic (exact) mass is 359 g/mol. The zero-order chi connectivity index (χ0) is 18.1. The number of nitrogens with one attached hydrogen (secondary N) is 1. The van der Waals surface area contributed by atoms with Gasteiger partial charge in [0.2, 0.25) is 0 Å². The molecule has 8 heteroatoms. The fourth-order valence-corrected chi connectivity index (χ4v) is 3.45. The normalized spacial score (nSPS) is 21.1. The number of hydrogen-bond acceptors (Lipinski definition) is 6.